The molecule has 0 radical (unpaired) electrons. The lowest BCUT2D eigenvalue weighted by Crippen LogP contribution is -1.85. The summed E-state index contributed by atoms with van der Waals surface area (Å²) in [5, 5.41) is 3.44. The second-order valence-electron chi connectivity index (χ2n) is 2.83. The van der Waals surface area contributed by atoms with E-state index in [2.05, 4.69) is 52.9 Å². The standard InChI is InChI=1S/C9H8INS/c1-5-3-7-8(10)4-12-9(7)11-6(5)2/h3-4H,1-2H3. The highest BCUT2D eigenvalue weighted by Gasteiger charge is 2.04. The van der Waals surface area contributed by atoms with E-state index in [1.807, 2.05) is 0 Å². The van der Waals surface area contributed by atoms with Crippen LogP contribution in [0.2, 0.25) is 0 Å². The van der Waals surface area contributed by atoms with Gasteiger partial charge in [-0.2, -0.15) is 0 Å². The van der Waals surface area contributed by atoms with E-state index < -0.39 is 0 Å². The van der Waals surface area contributed by atoms with Gasteiger partial charge in [0, 0.05) is 20.0 Å². The van der Waals surface area contributed by atoms with E-state index >= 15 is 0 Å². The number of rotatable bonds is 0. The maximum Gasteiger partial charge on any atom is 0.124 e. The summed E-state index contributed by atoms with van der Waals surface area (Å²) >= 11 is 4.07. The van der Waals surface area contributed by atoms with Crippen LogP contribution in [-0.2, 0) is 0 Å². The molecule has 0 aromatic carbocycles. The molecular weight excluding hydrogens is 281 g/mol. The first-order valence-corrected chi connectivity index (χ1v) is 5.65. The van der Waals surface area contributed by atoms with Crippen molar-refractivity contribution in [1.82, 2.24) is 4.98 Å². The molecule has 0 amide bonds. The monoisotopic (exact) mass is 289 g/mol. The quantitative estimate of drug-likeness (QED) is 0.676. The van der Waals surface area contributed by atoms with Crippen LogP contribution in [0.4, 0.5) is 0 Å². The van der Waals surface area contributed by atoms with Gasteiger partial charge in [-0.05, 0) is 48.1 Å². The second kappa shape index (κ2) is 2.96. The van der Waals surface area contributed by atoms with Crippen molar-refractivity contribution in [2.45, 2.75) is 13.8 Å². The van der Waals surface area contributed by atoms with E-state index in [4.69, 9.17) is 0 Å². The molecule has 0 atom stereocenters. The van der Waals surface area contributed by atoms with Crippen molar-refractivity contribution >= 4 is 44.1 Å². The van der Waals surface area contributed by atoms with Crippen LogP contribution in [0.3, 0.4) is 0 Å². The molecule has 2 rings (SSSR count). The predicted molar refractivity (Wildman–Crippen MR) is 61.8 cm³/mol. The van der Waals surface area contributed by atoms with E-state index in [1.165, 1.54) is 14.5 Å². The number of aryl methyl sites for hydroxylation is 2. The Bertz CT molecular complexity index is 433. The van der Waals surface area contributed by atoms with Gasteiger partial charge < -0.3 is 0 Å². The van der Waals surface area contributed by atoms with Gasteiger partial charge in [0.15, 0.2) is 0 Å². The van der Waals surface area contributed by atoms with E-state index in [1.54, 1.807) is 11.3 Å². The average Bonchev–Trinajstić information content (AvgIpc) is 2.35. The van der Waals surface area contributed by atoms with E-state index in [9.17, 15) is 0 Å². The summed E-state index contributed by atoms with van der Waals surface area (Å²) in [7, 11) is 0. The molecule has 0 spiro atoms. The van der Waals surface area contributed by atoms with Crippen LogP contribution in [-0.4, -0.2) is 4.98 Å². The summed E-state index contributed by atoms with van der Waals surface area (Å²) in [6.45, 7) is 4.16. The third-order valence-electron chi connectivity index (χ3n) is 1.96. The van der Waals surface area contributed by atoms with Crippen molar-refractivity contribution in [3.8, 4) is 0 Å². The Labute approximate surface area is 89.0 Å². The van der Waals surface area contributed by atoms with E-state index in [-0.39, 0.29) is 0 Å². The number of aromatic nitrogens is 1. The Morgan fingerprint density at radius 3 is 2.92 bits per heavy atom. The average molecular weight is 289 g/mol. The molecule has 3 heteroatoms. The van der Waals surface area contributed by atoms with Gasteiger partial charge in [-0.25, -0.2) is 4.98 Å². The molecule has 62 valence electrons. The molecule has 0 saturated carbocycles. The molecule has 0 bridgehead atoms. The Morgan fingerprint density at radius 2 is 2.17 bits per heavy atom. The summed E-state index contributed by atoms with van der Waals surface area (Å²) in [5.74, 6) is 0. The van der Waals surface area contributed by atoms with Crippen LogP contribution in [0.15, 0.2) is 11.4 Å². The van der Waals surface area contributed by atoms with Crippen LogP contribution in [0.1, 0.15) is 11.3 Å². The second-order valence-corrected chi connectivity index (χ2v) is 4.85. The van der Waals surface area contributed by atoms with Crippen molar-refractivity contribution < 1.29 is 0 Å². The smallest absolute Gasteiger partial charge is 0.124 e. The molecule has 0 unspecified atom stereocenters. The lowest BCUT2D eigenvalue weighted by Gasteiger charge is -1.98. The number of nitrogens with zero attached hydrogens (tertiary/aromatic N) is 1. The van der Waals surface area contributed by atoms with Crippen molar-refractivity contribution in [2.75, 3.05) is 0 Å². The van der Waals surface area contributed by atoms with Gasteiger partial charge in [-0.1, -0.05) is 0 Å². The number of fused-ring (bicyclic) bond motifs is 1. The van der Waals surface area contributed by atoms with Crippen molar-refractivity contribution in [3.63, 3.8) is 0 Å². The van der Waals surface area contributed by atoms with Gasteiger partial charge in [0.25, 0.3) is 0 Å². The third-order valence-corrected chi connectivity index (χ3v) is 4.17. The SMILES string of the molecule is Cc1cc2c(I)csc2nc1C. The first-order chi connectivity index (χ1) is 5.68. The molecule has 2 aromatic rings. The fourth-order valence-corrected chi connectivity index (χ4v) is 2.92. The van der Waals surface area contributed by atoms with Crippen LogP contribution in [0.5, 0.6) is 0 Å². The van der Waals surface area contributed by atoms with Gasteiger partial charge in [0.2, 0.25) is 0 Å². The van der Waals surface area contributed by atoms with Crippen LogP contribution in [0, 0.1) is 17.4 Å². The predicted octanol–water partition coefficient (Wildman–Crippen LogP) is 3.52. The number of hydrogen-bond donors (Lipinski definition) is 0. The zero-order valence-electron chi connectivity index (χ0n) is 6.89. The summed E-state index contributed by atoms with van der Waals surface area (Å²) in [6, 6.07) is 2.22. The highest BCUT2D eigenvalue weighted by molar-refractivity contribution is 14.1. The molecular formula is C9H8INS. The van der Waals surface area contributed by atoms with Crippen molar-refractivity contribution in [3.05, 3.63) is 26.3 Å². The minimum atomic E-state index is 1.14. The molecule has 2 aromatic heterocycles. The molecule has 0 saturated heterocycles. The summed E-state index contributed by atoms with van der Waals surface area (Å²) in [6.07, 6.45) is 0. The maximum atomic E-state index is 4.51. The number of hydrogen-bond acceptors (Lipinski definition) is 2. The highest BCUT2D eigenvalue weighted by Crippen LogP contribution is 2.26. The number of halogens is 1. The fourth-order valence-electron chi connectivity index (χ4n) is 1.12. The van der Waals surface area contributed by atoms with E-state index in [0.717, 1.165) is 10.5 Å². The Kier molecular flexibility index (Phi) is 2.08. The largest absolute Gasteiger partial charge is 0.242 e. The van der Waals surface area contributed by atoms with Crippen LogP contribution < -0.4 is 0 Å². The van der Waals surface area contributed by atoms with Crippen molar-refractivity contribution in [2.24, 2.45) is 0 Å². The van der Waals surface area contributed by atoms with Crippen LogP contribution in [0.25, 0.3) is 10.2 Å². The van der Waals surface area contributed by atoms with Crippen LogP contribution >= 0.6 is 33.9 Å². The summed E-state index contributed by atoms with van der Waals surface area (Å²) in [4.78, 5) is 5.66. The Balaban J connectivity index is 2.87. The molecule has 0 aliphatic rings. The maximum absolute atomic E-state index is 4.51. The third kappa shape index (κ3) is 1.25. The van der Waals surface area contributed by atoms with E-state index in [0.29, 0.717) is 0 Å². The first kappa shape index (κ1) is 8.44. The lowest BCUT2D eigenvalue weighted by molar-refractivity contribution is 1.21. The Hall–Kier alpha value is -0.160. The highest BCUT2D eigenvalue weighted by atomic mass is 127. The molecule has 12 heavy (non-hydrogen) atoms. The molecule has 2 heterocycles. The lowest BCUT2D eigenvalue weighted by atomic mass is 10.2. The van der Waals surface area contributed by atoms with Gasteiger partial charge in [0.1, 0.15) is 4.83 Å². The van der Waals surface area contributed by atoms with Gasteiger partial charge in [-0.15, -0.1) is 11.3 Å². The zero-order chi connectivity index (χ0) is 8.72. The Morgan fingerprint density at radius 1 is 1.42 bits per heavy atom. The zero-order valence-corrected chi connectivity index (χ0v) is 9.86. The molecule has 1 nitrogen and oxygen atoms in total. The minimum Gasteiger partial charge on any atom is -0.242 e. The molecule has 0 fully saturated rings. The molecule has 0 aliphatic heterocycles. The van der Waals surface area contributed by atoms with Gasteiger partial charge >= 0.3 is 0 Å². The van der Waals surface area contributed by atoms with Gasteiger partial charge in [0.05, 0.1) is 0 Å². The summed E-state index contributed by atoms with van der Waals surface area (Å²) in [5.41, 5.74) is 2.42. The van der Waals surface area contributed by atoms with Gasteiger partial charge in [-0.3, -0.25) is 0 Å². The summed E-state index contributed by atoms with van der Waals surface area (Å²) < 4.78 is 1.31. The molecule has 0 aliphatic carbocycles. The number of pyridine rings is 1. The fraction of sp³-hybridized carbons (Fsp3) is 0.222. The molecule has 0 N–H and O–H groups in total. The van der Waals surface area contributed by atoms with Crippen molar-refractivity contribution in [1.29, 1.82) is 0 Å². The topological polar surface area (TPSA) is 12.9 Å². The first-order valence-electron chi connectivity index (χ1n) is 3.69. The normalized spacial score (nSPS) is 10.9. The number of thiophene rings is 1. The minimum absolute atomic E-state index is 1.14.